The molecule has 2 heteroatoms. The van der Waals surface area contributed by atoms with E-state index in [-0.39, 0.29) is 0 Å². The molecule has 0 aliphatic rings. The summed E-state index contributed by atoms with van der Waals surface area (Å²) >= 11 is 0. The van der Waals surface area contributed by atoms with Crippen LogP contribution in [0.4, 0.5) is 0 Å². The topological polar surface area (TPSA) is 25.8 Å². The molecule has 0 amide bonds. The van der Waals surface area contributed by atoms with Crippen molar-refractivity contribution in [3.05, 3.63) is 24.3 Å². The second-order valence-corrected chi connectivity index (χ2v) is 4.04. The molecule has 1 heterocycles. The molecule has 0 saturated heterocycles. The molecule has 0 spiro atoms. The molecular formula is C13H22N2. The van der Waals surface area contributed by atoms with Gasteiger partial charge in [-0.2, -0.15) is 0 Å². The van der Waals surface area contributed by atoms with Crippen LogP contribution in [-0.2, 0) is 6.42 Å². The summed E-state index contributed by atoms with van der Waals surface area (Å²) in [4.78, 5) is 8.43. The van der Waals surface area contributed by atoms with E-state index in [0.29, 0.717) is 0 Å². The van der Waals surface area contributed by atoms with Crippen LogP contribution in [0, 0.1) is 0 Å². The van der Waals surface area contributed by atoms with Gasteiger partial charge in [0.2, 0.25) is 0 Å². The molecule has 0 saturated carbocycles. The van der Waals surface area contributed by atoms with Crippen LogP contribution in [0.5, 0.6) is 0 Å². The first-order valence-corrected chi connectivity index (χ1v) is 6.19. The van der Waals surface area contributed by atoms with Gasteiger partial charge in [-0.1, -0.05) is 45.4 Å². The van der Waals surface area contributed by atoms with Crippen molar-refractivity contribution in [3.8, 4) is 0 Å². The highest BCUT2D eigenvalue weighted by molar-refractivity contribution is 4.88. The zero-order chi connectivity index (χ0) is 10.8. The first-order valence-electron chi connectivity index (χ1n) is 6.19. The van der Waals surface area contributed by atoms with Gasteiger partial charge in [0, 0.05) is 18.8 Å². The molecule has 0 fully saturated rings. The van der Waals surface area contributed by atoms with E-state index in [1.807, 2.05) is 18.5 Å². The van der Waals surface area contributed by atoms with Crippen LogP contribution < -0.4 is 0 Å². The lowest BCUT2D eigenvalue weighted by Gasteiger charge is -2.00. The molecule has 0 aliphatic carbocycles. The van der Waals surface area contributed by atoms with Crippen molar-refractivity contribution in [2.24, 2.45) is 0 Å². The fourth-order valence-electron chi connectivity index (χ4n) is 1.70. The first-order chi connectivity index (χ1) is 7.43. The zero-order valence-corrected chi connectivity index (χ0v) is 9.78. The number of nitrogens with zero attached hydrogens (tertiary/aromatic N) is 2. The van der Waals surface area contributed by atoms with Crippen molar-refractivity contribution >= 4 is 0 Å². The minimum absolute atomic E-state index is 0.992. The zero-order valence-electron chi connectivity index (χ0n) is 9.78. The Morgan fingerprint density at radius 3 is 2.13 bits per heavy atom. The lowest BCUT2D eigenvalue weighted by atomic mass is 10.1. The summed E-state index contributed by atoms with van der Waals surface area (Å²) in [5, 5.41) is 0. The molecular weight excluding hydrogens is 184 g/mol. The quantitative estimate of drug-likeness (QED) is 0.605. The molecule has 0 aromatic carbocycles. The van der Waals surface area contributed by atoms with Crippen molar-refractivity contribution in [1.29, 1.82) is 0 Å². The van der Waals surface area contributed by atoms with E-state index < -0.39 is 0 Å². The van der Waals surface area contributed by atoms with Gasteiger partial charge in [-0.25, -0.2) is 9.97 Å². The standard InChI is InChI=1S/C13H22N2/c1-2-3-4-5-6-7-8-10-13-14-11-9-12-15-13/h9,11-12H,2-8,10H2,1H3. The fraction of sp³-hybridized carbons (Fsp3) is 0.692. The minimum Gasteiger partial charge on any atom is -0.241 e. The molecule has 0 unspecified atom stereocenters. The average molecular weight is 206 g/mol. The molecule has 1 aromatic heterocycles. The van der Waals surface area contributed by atoms with E-state index >= 15 is 0 Å². The van der Waals surface area contributed by atoms with E-state index in [1.54, 1.807) is 0 Å². The third kappa shape index (κ3) is 6.21. The molecule has 15 heavy (non-hydrogen) atoms. The molecule has 1 rings (SSSR count). The van der Waals surface area contributed by atoms with Gasteiger partial charge in [-0.15, -0.1) is 0 Å². The summed E-state index contributed by atoms with van der Waals surface area (Å²) in [6.45, 7) is 2.26. The Hall–Kier alpha value is -0.920. The van der Waals surface area contributed by atoms with Gasteiger partial charge in [0.15, 0.2) is 0 Å². The highest BCUT2D eigenvalue weighted by Gasteiger charge is 1.95. The summed E-state index contributed by atoms with van der Waals surface area (Å²) in [6, 6.07) is 1.87. The lowest BCUT2D eigenvalue weighted by molar-refractivity contribution is 0.584. The van der Waals surface area contributed by atoms with Gasteiger partial charge < -0.3 is 0 Å². The number of rotatable bonds is 8. The Bertz CT molecular complexity index is 234. The molecule has 0 atom stereocenters. The van der Waals surface area contributed by atoms with Gasteiger partial charge >= 0.3 is 0 Å². The average Bonchev–Trinajstić information content (AvgIpc) is 2.29. The molecule has 2 nitrogen and oxygen atoms in total. The van der Waals surface area contributed by atoms with Crippen molar-refractivity contribution in [2.75, 3.05) is 0 Å². The smallest absolute Gasteiger partial charge is 0.128 e. The van der Waals surface area contributed by atoms with Crippen molar-refractivity contribution in [3.63, 3.8) is 0 Å². The number of aryl methyl sites for hydroxylation is 1. The molecule has 0 N–H and O–H groups in total. The summed E-state index contributed by atoms with van der Waals surface area (Å²) in [5.41, 5.74) is 0. The van der Waals surface area contributed by atoms with Crippen LogP contribution in [0.2, 0.25) is 0 Å². The van der Waals surface area contributed by atoms with Crippen LogP contribution in [0.25, 0.3) is 0 Å². The summed E-state index contributed by atoms with van der Waals surface area (Å²) in [6.07, 6.45) is 14.1. The Morgan fingerprint density at radius 2 is 1.47 bits per heavy atom. The van der Waals surface area contributed by atoms with Gasteiger partial charge in [0.05, 0.1) is 0 Å². The van der Waals surface area contributed by atoms with Crippen molar-refractivity contribution in [1.82, 2.24) is 9.97 Å². The Balaban J connectivity index is 1.93. The number of aromatic nitrogens is 2. The largest absolute Gasteiger partial charge is 0.241 e. The summed E-state index contributed by atoms with van der Waals surface area (Å²) in [7, 11) is 0. The van der Waals surface area contributed by atoms with Crippen molar-refractivity contribution < 1.29 is 0 Å². The van der Waals surface area contributed by atoms with Crippen LogP contribution in [-0.4, -0.2) is 9.97 Å². The van der Waals surface area contributed by atoms with E-state index in [0.717, 1.165) is 12.2 Å². The van der Waals surface area contributed by atoms with Gasteiger partial charge in [-0.3, -0.25) is 0 Å². The molecule has 1 aromatic rings. The van der Waals surface area contributed by atoms with Crippen LogP contribution in [0.15, 0.2) is 18.5 Å². The van der Waals surface area contributed by atoms with E-state index in [4.69, 9.17) is 0 Å². The van der Waals surface area contributed by atoms with E-state index in [2.05, 4.69) is 16.9 Å². The third-order valence-corrected chi connectivity index (χ3v) is 2.62. The molecule has 0 aliphatic heterocycles. The highest BCUT2D eigenvalue weighted by Crippen LogP contribution is 2.08. The number of hydrogen-bond acceptors (Lipinski definition) is 2. The predicted octanol–water partition coefficient (Wildman–Crippen LogP) is 3.77. The van der Waals surface area contributed by atoms with Crippen LogP contribution in [0.3, 0.4) is 0 Å². The van der Waals surface area contributed by atoms with Gasteiger partial charge in [-0.05, 0) is 12.5 Å². The van der Waals surface area contributed by atoms with E-state index in [9.17, 15) is 0 Å². The minimum atomic E-state index is 0.992. The normalized spacial score (nSPS) is 10.5. The molecule has 84 valence electrons. The van der Waals surface area contributed by atoms with E-state index in [1.165, 1.54) is 44.9 Å². The Morgan fingerprint density at radius 1 is 0.867 bits per heavy atom. The Labute approximate surface area is 93.2 Å². The van der Waals surface area contributed by atoms with Crippen LogP contribution >= 0.6 is 0 Å². The van der Waals surface area contributed by atoms with Gasteiger partial charge in [0.1, 0.15) is 5.82 Å². The molecule has 0 bridgehead atoms. The maximum Gasteiger partial charge on any atom is 0.128 e. The summed E-state index contributed by atoms with van der Waals surface area (Å²) in [5.74, 6) is 0.992. The lowest BCUT2D eigenvalue weighted by Crippen LogP contribution is -1.93. The molecule has 0 radical (unpaired) electrons. The highest BCUT2D eigenvalue weighted by atomic mass is 14.8. The second-order valence-electron chi connectivity index (χ2n) is 4.04. The number of hydrogen-bond donors (Lipinski definition) is 0. The second kappa shape index (κ2) is 8.39. The summed E-state index contributed by atoms with van der Waals surface area (Å²) < 4.78 is 0. The monoisotopic (exact) mass is 206 g/mol. The van der Waals surface area contributed by atoms with Crippen LogP contribution in [0.1, 0.15) is 57.7 Å². The first kappa shape index (κ1) is 12.2. The maximum atomic E-state index is 4.21. The fourth-order valence-corrected chi connectivity index (χ4v) is 1.70. The van der Waals surface area contributed by atoms with Gasteiger partial charge in [0.25, 0.3) is 0 Å². The third-order valence-electron chi connectivity index (χ3n) is 2.62. The SMILES string of the molecule is CCCCCCCCCc1ncccn1. The Kier molecular flexibility index (Phi) is 6.80. The predicted molar refractivity (Wildman–Crippen MR) is 63.7 cm³/mol. The van der Waals surface area contributed by atoms with Crippen molar-refractivity contribution in [2.45, 2.75) is 58.3 Å². The maximum absolute atomic E-state index is 4.21. The number of unbranched alkanes of at least 4 members (excludes halogenated alkanes) is 6.